The largest absolute Gasteiger partial charge is 0.491 e. The molecule has 0 unspecified atom stereocenters. The number of anilines is 2. The number of ether oxygens (including phenoxy) is 1. The van der Waals surface area contributed by atoms with E-state index in [1.807, 2.05) is 31.2 Å². The molecule has 3 rings (SSSR count). The van der Waals surface area contributed by atoms with Gasteiger partial charge in [-0.2, -0.15) is 5.10 Å². The van der Waals surface area contributed by atoms with Crippen molar-refractivity contribution in [3.8, 4) is 5.75 Å². The molecule has 2 aromatic carbocycles. The van der Waals surface area contributed by atoms with Crippen LogP contribution < -0.4 is 15.4 Å². The predicted molar refractivity (Wildman–Crippen MR) is 91.4 cm³/mol. The molecule has 0 radical (unpaired) electrons. The molecule has 2 amide bonds. The number of benzene rings is 2. The first-order valence-electron chi connectivity index (χ1n) is 7.47. The zero-order chi connectivity index (χ0) is 16.9. The van der Waals surface area contributed by atoms with Gasteiger partial charge < -0.3 is 10.1 Å². The molecular weight excluding hydrogens is 311 g/mol. The highest BCUT2D eigenvalue weighted by Crippen LogP contribution is 2.25. The van der Waals surface area contributed by atoms with Crippen molar-refractivity contribution in [2.75, 3.05) is 23.9 Å². The topological polar surface area (TPSA) is 79.0 Å². The monoisotopic (exact) mass is 328 g/mol. The van der Waals surface area contributed by atoms with E-state index in [4.69, 9.17) is 4.74 Å². The van der Waals surface area contributed by atoms with Crippen molar-refractivity contribution in [1.82, 2.24) is 10.2 Å². The third kappa shape index (κ3) is 3.62. The number of fused-ring (bicyclic) bond motifs is 1. The molecule has 0 aliphatic heterocycles. The quantitative estimate of drug-likeness (QED) is 0.665. The van der Waals surface area contributed by atoms with Crippen LogP contribution in [-0.2, 0) is 0 Å². The first-order chi connectivity index (χ1) is 11.7. The smallest absolute Gasteiger partial charge is 0.324 e. The lowest BCUT2D eigenvalue weighted by molar-refractivity contribution is 0.262. The van der Waals surface area contributed by atoms with Crippen molar-refractivity contribution in [2.45, 2.75) is 6.92 Å². The van der Waals surface area contributed by atoms with Crippen LogP contribution in [0.4, 0.5) is 20.7 Å². The third-order valence-electron chi connectivity index (χ3n) is 3.42. The number of urea groups is 1. The van der Waals surface area contributed by atoms with Crippen molar-refractivity contribution >= 4 is 28.4 Å². The maximum atomic E-state index is 12.2. The van der Waals surface area contributed by atoms with E-state index in [1.54, 1.807) is 18.2 Å². The molecule has 3 N–H and O–H groups in total. The van der Waals surface area contributed by atoms with Crippen LogP contribution in [-0.4, -0.2) is 29.5 Å². The summed E-state index contributed by atoms with van der Waals surface area (Å²) in [7, 11) is 0. The predicted octanol–water partition coefficient (Wildman–Crippen LogP) is 3.86. The van der Waals surface area contributed by atoms with Gasteiger partial charge in [0.1, 0.15) is 19.0 Å². The van der Waals surface area contributed by atoms with E-state index >= 15 is 0 Å². The fourth-order valence-corrected chi connectivity index (χ4v) is 2.24. The number of carbonyl (C=O) groups excluding carboxylic acids is 1. The van der Waals surface area contributed by atoms with Crippen LogP contribution in [0.1, 0.15) is 5.56 Å². The number of alkyl halides is 1. The number of H-pyrrole nitrogens is 1. The van der Waals surface area contributed by atoms with E-state index in [1.165, 1.54) is 0 Å². The second kappa shape index (κ2) is 6.99. The van der Waals surface area contributed by atoms with Gasteiger partial charge in [0.05, 0.1) is 5.52 Å². The van der Waals surface area contributed by atoms with Gasteiger partial charge in [0.2, 0.25) is 0 Å². The van der Waals surface area contributed by atoms with Crippen molar-refractivity contribution in [1.29, 1.82) is 0 Å². The number of hydrogen-bond acceptors (Lipinski definition) is 3. The highest BCUT2D eigenvalue weighted by molar-refractivity contribution is 6.04. The minimum atomic E-state index is -0.562. The molecule has 1 aromatic heterocycles. The van der Waals surface area contributed by atoms with E-state index in [-0.39, 0.29) is 6.61 Å². The summed E-state index contributed by atoms with van der Waals surface area (Å²) in [5.74, 6) is 0.892. The molecule has 0 spiro atoms. The Hall–Kier alpha value is -3.09. The van der Waals surface area contributed by atoms with E-state index in [9.17, 15) is 9.18 Å². The molecule has 0 aliphatic rings. The number of aryl methyl sites for hydroxylation is 1. The average molecular weight is 328 g/mol. The maximum absolute atomic E-state index is 12.2. The molecular formula is C17H17FN4O2. The highest BCUT2D eigenvalue weighted by Gasteiger charge is 2.10. The Morgan fingerprint density at radius 2 is 2.00 bits per heavy atom. The summed E-state index contributed by atoms with van der Waals surface area (Å²) in [6, 6.07) is 12.2. The molecule has 0 saturated carbocycles. The minimum Gasteiger partial charge on any atom is -0.491 e. The SMILES string of the molecule is Cc1ccc(NC(=O)Nc2n[nH]c3ccc(OCCF)cc23)cc1. The number of amides is 2. The number of aromatic nitrogens is 2. The Kier molecular flexibility index (Phi) is 4.60. The molecule has 3 aromatic rings. The summed E-state index contributed by atoms with van der Waals surface area (Å²) in [6.07, 6.45) is 0. The van der Waals surface area contributed by atoms with Crippen LogP contribution in [0.3, 0.4) is 0 Å². The van der Waals surface area contributed by atoms with Gasteiger partial charge >= 0.3 is 6.03 Å². The fourth-order valence-electron chi connectivity index (χ4n) is 2.24. The Morgan fingerprint density at radius 1 is 1.21 bits per heavy atom. The van der Waals surface area contributed by atoms with Gasteiger partial charge in [-0.1, -0.05) is 17.7 Å². The zero-order valence-electron chi connectivity index (χ0n) is 13.1. The van der Waals surface area contributed by atoms with E-state index in [0.29, 0.717) is 22.6 Å². The number of rotatable bonds is 5. The molecule has 1 heterocycles. The number of carbonyl (C=O) groups is 1. The lowest BCUT2D eigenvalue weighted by Crippen LogP contribution is -2.19. The van der Waals surface area contributed by atoms with E-state index in [2.05, 4.69) is 20.8 Å². The standard InChI is InChI=1S/C17H17FN4O2/c1-11-2-4-12(5-3-11)19-17(23)20-16-14-10-13(24-9-8-18)6-7-15(14)21-22-16/h2-7,10H,8-9H2,1H3,(H3,19,20,21,22,23). The summed E-state index contributed by atoms with van der Waals surface area (Å²) in [4.78, 5) is 12.1. The van der Waals surface area contributed by atoms with E-state index in [0.717, 1.165) is 11.1 Å². The highest BCUT2D eigenvalue weighted by atomic mass is 19.1. The summed E-state index contributed by atoms with van der Waals surface area (Å²) in [5, 5.41) is 13.0. The number of aromatic amines is 1. The molecule has 7 heteroatoms. The van der Waals surface area contributed by atoms with Crippen LogP contribution in [0.5, 0.6) is 5.75 Å². The molecule has 0 bridgehead atoms. The van der Waals surface area contributed by atoms with Crippen molar-refractivity contribution in [3.63, 3.8) is 0 Å². The van der Waals surface area contributed by atoms with Crippen LogP contribution in [0.25, 0.3) is 10.9 Å². The summed E-state index contributed by atoms with van der Waals surface area (Å²) in [5.41, 5.74) is 2.54. The van der Waals surface area contributed by atoms with Gasteiger partial charge in [-0.3, -0.25) is 10.4 Å². The summed E-state index contributed by atoms with van der Waals surface area (Å²) in [6.45, 7) is 1.40. The van der Waals surface area contributed by atoms with Gasteiger partial charge in [0.25, 0.3) is 0 Å². The van der Waals surface area contributed by atoms with Gasteiger partial charge in [0.15, 0.2) is 5.82 Å². The first-order valence-corrected chi connectivity index (χ1v) is 7.47. The summed E-state index contributed by atoms with van der Waals surface area (Å²) < 4.78 is 17.5. The number of hydrogen-bond donors (Lipinski definition) is 3. The van der Waals surface area contributed by atoms with Crippen LogP contribution >= 0.6 is 0 Å². The van der Waals surface area contributed by atoms with Gasteiger partial charge in [-0.25, -0.2) is 9.18 Å². The lowest BCUT2D eigenvalue weighted by Gasteiger charge is -2.07. The second-order valence-corrected chi connectivity index (χ2v) is 5.26. The normalized spacial score (nSPS) is 10.6. The lowest BCUT2D eigenvalue weighted by atomic mass is 10.2. The van der Waals surface area contributed by atoms with Gasteiger partial charge in [0, 0.05) is 11.1 Å². The third-order valence-corrected chi connectivity index (χ3v) is 3.42. The Balaban J connectivity index is 1.73. The molecule has 24 heavy (non-hydrogen) atoms. The first kappa shape index (κ1) is 15.8. The number of nitrogens with one attached hydrogen (secondary N) is 3. The van der Waals surface area contributed by atoms with Gasteiger partial charge in [-0.15, -0.1) is 0 Å². The Bertz CT molecular complexity index is 845. The van der Waals surface area contributed by atoms with Crippen molar-refractivity contribution in [3.05, 3.63) is 48.0 Å². The number of halogens is 1. The van der Waals surface area contributed by atoms with Crippen LogP contribution in [0, 0.1) is 6.92 Å². The van der Waals surface area contributed by atoms with E-state index < -0.39 is 12.7 Å². The van der Waals surface area contributed by atoms with Crippen LogP contribution in [0.2, 0.25) is 0 Å². The molecule has 124 valence electrons. The number of nitrogens with zero attached hydrogens (tertiary/aromatic N) is 1. The molecule has 0 saturated heterocycles. The molecule has 0 atom stereocenters. The minimum absolute atomic E-state index is 0.0139. The Morgan fingerprint density at radius 3 is 2.75 bits per heavy atom. The molecule has 0 fully saturated rings. The fraction of sp³-hybridized carbons (Fsp3) is 0.176. The Labute approximate surface area is 138 Å². The van der Waals surface area contributed by atoms with Crippen molar-refractivity contribution in [2.24, 2.45) is 0 Å². The summed E-state index contributed by atoms with van der Waals surface area (Å²) >= 11 is 0. The van der Waals surface area contributed by atoms with Crippen molar-refractivity contribution < 1.29 is 13.9 Å². The molecule has 6 nitrogen and oxygen atoms in total. The maximum Gasteiger partial charge on any atom is 0.324 e. The average Bonchev–Trinajstić information content (AvgIpc) is 2.97. The van der Waals surface area contributed by atoms with Crippen LogP contribution in [0.15, 0.2) is 42.5 Å². The van der Waals surface area contributed by atoms with Gasteiger partial charge in [-0.05, 0) is 37.3 Å². The zero-order valence-corrected chi connectivity index (χ0v) is 13.1. The molecule has 0 aliphatic carbocycles. The second-order valence-electron chi connectivity index (χ2n) is 5.26.